The van der Waals surface area contributed by atoms with E-state index in [2.05, 4.69) is 0 Å². The van der Waals surface area contributed by atoms with E-state index in [-0.39, 0.29) is 11.3 Å². The standard InChI is InChI=1S/C23H22O9/c1-8-11-5-4-6-13(26)17(11)19(28)18-15(8)20(32-10(3)25)12-7-14(27)16(9(2)24)21(29)23(12,31)22(18)30/h4-6,8,12,15-16,18,20,26,31H,7H2,1-3H3/t8-,12+,15+,16?,18?,20+,23+/m0/s1. The zero-order chi connectivity index (χ0) is 23.7. The van der Waals surface area contributed by atoms with Crippen molar-refractivity contribution in [2.75, 3.05) is 0 Å². The lowest BCUT2D eigenvalue weighted by Gasteiger charge is -2.53. The van der Waals surface area contributed by atoms with E-state index in [9.17, 15) is 39.0 Å². The Morgan fingerprint density at radius 2 is 1.75 bits per heavy atom. The van der Waals surface area contributed by atoms with E-state index in [4.69, 9.17) is 4.74 Å². The Morgan fingerprint density at radius 1 is 1.09 bits per heavy atom. The second-order valence-corrected chi connectivity index (χ2v) is 8.84. The van der Waals surface area contributed by atoms with Crippen molar-refractivity contribution in [2.45, 2.75) is 44.8 Å². The number of hydrogen-bond donors (Lipinski definition) is 2. The Morgan fingerprint density at radius 3 is 2.34 bits per heavy atom. The zero-order valence-electron chi connectivity index (χ0n) is 17.7. The smallest absolute Gasteiger partial charge is 0.302 e. The third-order valence-corrected chi connectivity index (χ3v) is 7.12. The van der Waals surface area contributed by atoms with Gasteiger partial charge in [0.05, 0.1) is 11.5 Å². The molecule has 168 valence electrons. The topological polar surface area (TPSA) is 152 Å². The molecule has 9 heteroatoms. The van der Waals surface area contributed by atoms with Crippen LogP contribution in [-0.4, -0.2) is 56.8 Å². The molecule has 4 rings (SSSR count). The summed E-state index contributed by atoms with van der Waals surface area (Å²) in [6, 6.07) is 4.42. The summed E-state index contributed by atoms with van der Waals surface area (Å²) in [5, 5.41) is 21.7. The second-order valence-electron chi connectivity index (χ2n) is 8.84. The van der Waals surface area contributed by atoms with Crippen LogP contribution in [0.1, 0.15) is 49.0 Å². The fourth-order valence-corrected chi connectivity index (χ4v) is 5.76. The highest BCUT2D eigenvalue weighted by Gasteiger charge is 2.70. The van der Waals surface area contributed by atoms with E-state index in [0.29, 0.717) is 5.56 Å². The molecule has 2 N–H and O–H groups in total. The first-order valence-corrected chi connectivity index (χ1v) is 10.3. The predicted molar refractivity (Wildman–Crippen MR) is 106 cm³/mol. The van der Waals surface area contributed by atoms with Crippen molar-refractivity contribution in [3.8, 4) is 5.75 Å². The van der Waals surface area contributed by atoms with E-state index >= 15 is 0 Å². The lowest BCUT2D eigenvalue weighted by molar-refractivity contribution is -0.197. The van der Waals surface area contributed by atoms with E-state index in [0.717, 1.165) is 13.8 Å². The monoisotopic (exact) mass is 442 g/mol. The molecule has 32 heavy (non-hydrogen) atoms. The van der Waals surface area contributed by atoms with Gasteiger partial charge >= 0.3 is 5.97 Å². The van der Waals surface area contributed by atoms with Crippen LogP contribution < -0.4 is 0 Å². The number of fused-ring (bicyclic) bond motifs is 3. The normalized spacial score (nSPS) is 36.1. The Kier molecular flexibility index (Phi) is 4.93. The van der Waals surface area contributed by atoms with Crippen LogP contribution in [0.5, 0.6) is 5.75 Å². The van der Waals surface area contributed by atoms with Gasteiger partial charge in [-0.15, -0.1) is 0 Å². The van der Waals surface area contributed by atoms with Crippen LogP contribution in [0.15, 0.2) is 18.2 Å². The number of phenols is 1. The molecular formula is C23H22O9. The van der Waals surface area contributed by atoms with Crippen LogP contribution in [0.4, 0.5) is 0 Å². The predicted octanol–water partition coefficient (Wildman–Crippen LogP) is 0.533. The van der Waals surface area contributed by atoms with Gasteiger partial charge in [0.1, 0.15) is 23.6 Å². The Bertz CT molecular complexity index is 1100. The Hall–Kier alpha value is -3.20. The van der Waals surface area contributed by atoms with Crippen molar-refractivity contribution in [3.05, 3.63) is 29.3 Å². The minimum Gasteiger partial charge on any atom is -0.507 e. The average Bonchev–Trinajstić information content (AvgIpc) is 2.70. The van der Waals surface area contributed by atoms with Crippen LogP contribution in [-0.2, 0) is 28.7 Å². The van der Waals surface area contributed by atoms with Crippen molar-refractivity contribution in [1.82, 2.24) is 0 Å². The van der Waals surface area contributed by atoms with Gasteiger partial charge in [0.2, 0.25) is 0 Å². The van der Waals surface area contributed by atoms with Crippen LogP contribution in [0, 0.1) is 23.7 Å². The fourth-order valence-electron chi connectivity index (χ4n) is 5.76. The zero-order valence-corrected chi connectivity index (χ0v) is 17.7. The summed E-state index contributed by atoms with van der Waals surface area (Å²) in [6.45, 7) is 3.79. The van der Waals surface area contributed by atoms with Crippen molar-refractivity contribution in [1.29, 1.82) is 0 Å². The third-order valence-electron chi connectivity index (χ3n) is 7.12. The number of hydrogen-bond acceptors (Lipinski definition) is 9. The number of ether oxygens (including phenoxy) is 1. The van der Waals surface area contributed by atoms with Crippen LogP contribution in [0.2, 0.25) is 0 Å². The number of aromatic hydroxyl groups is 1. The summed E-state index contributed by atoms with van der Waals surface area (Å²) >= 11 is 0. The van der Waals surface area contributed by atoms with Gasteiger partial charge in [-0.25, -0.2) is 0 Å². The van der Waals surface area contributed by atoms with Gasteiger partial charge in [-0.05, 0) is 24.5 Å². The minimum absolute atomic E-state index is 0.0966. The largest absolute Gasteiger partial charge is 0.507 e. The SMILES string of the molecule is CC(=O)O[C@H]1[C@H]2C(C(=O)c3c(O)cccc3[C@@H]2C)C(=O)[C@]2(O)C(=O)C(C(C)=O)C(=O)C[C@H]12. The van der Waals surface area contributed by atoms with E-state index in [1.54, 1.807) is 13.0 Å². The number of carbonyl (C=O) groups excluding carboxylic acids is 6. The van der Waals surface area contributed by atoms with Crippen molar-refractivity contribution >= 4 is 34.9 Å². The van der Waals surface area contributed by atoms with Crippen molar-refractivity contribution in [3.63, 3.8) is 0 Å². The summed E-state index contributed by atoms with van der Waals surface area (Å²) in [5.74, 6) is -12.4. The highest BCUT2D eigenvalue weighted by molar-refractivity contribution is 6.31. The van der Waals surface area contributed by atoms with Gasteiger partial charge < -0.3 is 14.9 Å². The average molecular weight is 442 g/mol. The molecule has 0 aliphatic heterocycles. The molecule has 3 aliphatic carbocycles. The number of carbonyl (C=O) groups is 6. The van der Waals surface area contributed by atoms with Gasteiger partial charge in [-0.3, -0.25) is 28.8 Å². The maximum absolute atomic E-state index is 13.6. The van der Waals surface area contributed by atoms with E-state index in [1.165, 1.54) is 12.1 Å². The number of Topliss-reactive ketones (excluding diaryl/α,β-unsaturated/α-hetero) is 5. The van der Waals surface area contributed by atoms with Crippen LogP contribution in [0.25, 0.3) is 0 Å². The van der Waals surface area contributed by atoms with Gasteiger partial charge in [0.25, 0.3) is 0 Å². The molecule has 0 aromatic heterocycles. The summed E-state index contributed by atoms with van der Waals surface area (Å²) in [4.78, 5) is 76.6. The molecule has 0 amide bonds. The van der Waals surface area contributed by atoms with Gasteiger partial charge in [0.15, 0.2) is 28.7 Å². The second kappa shape index (κ2) is 7.16. The first-order valence-electron chi connectivity index (χ1n) is 10.3. The molecule has 1 aromatic rings. The van der Waals surface area contributed by atoms with E-state index in [1.807, 2.05) is 0 Å². The fraction of sp³-hybridized carbons (Fsp3) is 0.478. The lowest BCUT2D eigenvalue weighted by atomic mass is 9.50. The summed E-state index contributed by atoms with van der Waals surface area (Å²) in [6.07, 6.45) is -1.84. The maximum atomic E-state index is 13.6. The first kappa shape index (κ1) is 22.0. The Labute approximate surface area is 182 Å². The molecule has 0 bridgehead atoms. The molecule has 0 saturated heterocycles. The lowest BCUT2D eigenvalue weighted by Crippen LogP contribution is -2.72. The first-order chi connectivity index (χ1) is 14.9. The number of rotatable bonds is 2. The molecule has 0 spiro atoms. The summed E-state index contributed by atoms with van der Waals surface area (Å²) in [5.41, 5.74) is -2.51. The van der Waals surface area contributed by atoms with Crippen LogP contribution >= 0.6 is 0 Å². The molecule has 0 radical (unpaired) electrons. The van der Waals surface area contributed by atoms with Gasteiger partial charge in [-0.2, -0.15) is 0 Å². The molecule has 2 unspecified atom stereocenters. The summed E-state index contributed by atoms with van der Waals surface area (Å²) in [7, 11) is 0. The molecule has 9 nitrogen and oxygen atoms in total. The molecule has 1 aromatic carbocycles. The number of phenolic OH excluding ortho intramolecular Hbond substituents is 1. The molecule has 0 heterocycles. The van der Waals surface area contributed by atoms with Crippen LogP contribution in [0.3, 0.4) is 0 Å². The quantitative estimate of drug-likeness (QED) is 0.493. The molecular weight excluding hydrogens is 420 g/mol. The number of aliphatic hydroxyl groups is 1. The highest BCUT2D eigenvalue weighted by atomic mass is 16.5. The van der Waals surface area contributed by atoms with Gasteiger partial charge in [0, 0.05) is 25.2 Å². The third kappa shape index (κ3) is 2.73. The molecule has 3 aliphatic rings. The van der Waals surface area contributed by atoms with Gasteiger partial charge in [-0.1, -0.05) is 19.1 Å². The maximum Gasteiger partial charge on any atom is 0.302 e. The Balaban J connectivity index is 1.95. The summed E-state index contributed by atoms with van der Waals surface area (Å²) < 4.78 is 5.44. The highest BCUT2D eigenvalue weighted by Crippen LogP contribution is 2.54. The van der Waals surface area contributed by atoms with Crippen molar-refractivity contribution in [2.24, 2.45) is 23.7 Å². The number of ketones is 5. The van der Waals surface area contributed by atoms with E-state index < -0.39 is 82.6 Å². The molecule has 2 fully saturated rings. The number of benzene rings is 1. The number of esters is 1. The minimum atomic E-state index is -2.84. The molecule has 2 saturated carbocycles. The van der Waals surface area contributed by atoms with Crippen molar-refractivity contribution < 1.29 is 43.7 Å². The molecule has 7 atom stereocenters.